The Morgan fingerprint density at radius 2 is 2.25 bits per heavy atom. The van der Waals surface area contributed by atoms with E-state index >= 15 is 0 Å². The van der Waals surface area contributed by atoms with Crippen molar-refractivity contribution >= 4 is 11.8 Å². The zero-order chi connectivity index (χ0) is 13.9. The molecule has 0 spiro atoms. The van der Waals surface area contributed by atoms with Crippen LogP contribution in [0.5, 0.6) is 0 Å². The normalized spacial score (nSPS) is 12.5. The van der Waals surface area contributed by atoms with Gasteiger partial charge in [0.25, 0.3) is 0 Å². The maximum absolute atomic E-state index is 5.39. The van der Waals surface area contributed by atoms with Crippen LogP contribution < -0.4 is 0 Å². The molecule has 0 aliphatic heterocycles. The summed E-state index contributed by atoms with van der Waals surface area (Å²) in [5.41, 5.74) is 0.896. The van der Waals surface area contributed by atoms with E-state index < -0.39 is 0 Å². The van der Waals surface area contributed by atoms with Gasteiger partial charge in [-0.05, 0) is 19.1 Å². The Labute approximate surface area is 119 Å². The summed E-state index contributed by atoms with van der Waals surface area (Å²) in [6.07, 6.45) is 3.45. The summed E-state index contributed by atoms with van der Waals surface area (Å²) in [7, 11) is 0. The van der Waals surface area contributed by atoms with Gasteiger partial charge in [0.2, 0.25) is 16.9 Å². The van der Waals surface area contributed by atoms with Crippen LogP contribution in [0.2, 0.25) is 0 Å². The van der Waals surface area contributed by atoms with Gasteiger partial charge in [-0.15, -0.1) is 15.3 Å². The first-order valence-corrected chi connectivity index (χ1v) is 6.90. The molecular weight excluding hydrogens is 276 g/mol. The minimum absolute atomic E-state index is 0.00579. The first-order chi connectivity index (χ1) is 9.72. The van der Waals surface area contributed by atoms with Gasteiger partial charge in [-0.25, -0.2) is 4.98 Å². The van der Waals surface area contributed by atoms with Crippen LogP contribution in [0, 0.1) is 6.92 Å². The number of rotatable bonds is 4. The molecule has 3 aromatic rings. The van der Waals surface area contributed by atoms with Crippen LogP contribution in [-0.2, 0) is 0 Å². The van der Waals surface area contributed by atoms with Gasteiger partial charge < -0.3 is 4.42 Å². The lowest BCUT2D eigenvalue weighted by atomic mass is 10.3. The highest BCUT2D eigenvalue weighted by Crippen LogP contribution is 2.32. The molecule has 3 rings (SSSR count). The average Bonchev–Trinajstić information content (AvgIpc) is 3.09. The molecule has 0 aliphatic carbocycles. The fraction of sp³-hybridized carbons (Fsp3) is 0.250. The van der Waals surface area contributed by atoms with E-state index in [1.54, 1.807) is 19.3 Å². The molecule has 102 valence electrons. The topological polar surface area (TPSA) is 93.4 Å². The van der Waals surface area contributed by atoms with Crippen LogP contribution in [0.3, 0.4) is 0 Å². The van der Waals surface area contributed by atoms with E-state index in [1.807, 2.05) is 19.1 Å². The second-order valence-electron chi connectivity index (χ2n) is 4.13. The fourth-order valence-electron chi connectivity index (χ4n) is 1.62. The van der Waals surface area contributed by atoms with Crippen molar-refractivity contribution in [2.45, 2.75) is 24.3 Å². The van der Waals surface area contributed by atoms with Crippen molar-refractivity contribution in [2.24, 2.45) is 0 Å². The Kier molecular flexibility index (Phi) is 3.46. The second kappa shape index (κ2) is 5.41. The summed E-state index contributed by atoms with van der Waals surface area (Å²) in [5, 5.41) is 15.5. The number of aromatic amines is 1. The van der Waals surface area contributed by atoms with Crippen molar-refractivity contribution in [1.82, 2.24) is 30.4 Å². The molecule has 0 amide bonds. The summed E-state index contributed by atoms with van der Waals surface area (Å²) in [6, 6.07) is 3.78. The van der Waals surface area contributed by atoms with Crippen LogP contribution in [0.15, 0.2) is 34.1 Å². The van der Waals surface area contributed by atoms with Crippen LogP contribution in [0.1, 0.15) is 24.0 Å². The van der Waals surface area contributed by atoms with Gasteiger partial charge in [0, 0.05) is 24.9 Å². The lowest BCUT2D eigenvalue weighted by molar-refractivity contribution is 0.470. The summed E-state index contributed by atoms with van der Waals surface area (Å²) in [5.74, 6) is 1.81. The van der Waals surface area contributed by atoms with Crippen molar-refractivity contribution in [3.8, 4) is 11.4 Å². The quantitative estimate of drug-likeness (QED) is 0.737. The minimum atomic E-state index is -0.00579. The van der Waals surface area contributed by atoms with E-state index in [0.717, 1.165) is 5.56 Å². The van der Waals surface area contributed by atoms with Gasteiger partial charge in [0.05, 0.1) is 5.25 Å². The molecule has 8 heteroatoms. The number of hydrogen-bond acceptors (Lipinski definition) is 7. The number of aryl methyl sites for hydroxylation is 1. The molecular formula is C12H12N6OS. The summed E-state index contributed by atoms with van der Waals surface area (Å²) in [6.45, 7) is 3.74. The van der Waals surface area contributed by atoms with E-state index in [0.29, 0.717) is 22.8 Å². The summed E-state index contributed by atoms with van der Waals surface area (Å²) < 4.78 is 5.39. The SMILES string of the molecule is Cc1nnc([C@@H](C)Sc2n[nH]c(-c3cccnc3)n2)o1. The van der Waals surface area contributed by atoms with E-state index in [-0.39, 0.29) is 5.25 Å². The zero-order valence-electron chi connectivity index (χ0n) is 10.9. The summed E-state index contributed by atoms with van der Waals surface area (Å²) in [4.78, 5) is 8.47. The minimum Gasteiger partial charge on any atom is -0.424 e. The molecule has 1 atom stereocenters. The highest BCUT2D eigenvalue weighted by Gasteiger charge is 2.17. The molecule has 0 saturated carbocycles. The Morgan fingerprint density at radius 1 is 1.35 bits per heavy atom. The standard InChI is InChI=1S/C12H12N6OS/c1-7(11-17-15-8(2)19-11)20-12-14-10(16-18-12)9-4-3-5-13-6-9/h3-7H,1-2H3,(H,14,16,18)/t7-/m1/s1. The van der Waals surface area contributed by atoms with Crippen molar-refractivity contribution in [2.75, 3.05) is 0 Å². The Hall–Kier alpha value is -2.22. The second-order valence-corrected chi connectivity index (χ2v) is 5.44. The van der Waals surface area contributed by atoms with Crippen molar-refractivity contribution in [3.63, 3.8) is 0 Å². The maximum Gasteiger partial charge on any atom is 0.229 e. The Balaban J connectivity index is 1.74. The van der Waals surface area contributed by atoms with Crippen LogP contribution in [0.25, 0.3) is 11.4 Å². The van der Waals surface area contributed by atoms with Gasteiger partial charge in [-0.3, -0.25) is 10.1 Å². The Morgan fingerprint density at radius 3 is 2.95 bits per heavy atom. The van der Waals surface area contributed by atoms with Gasteiger partial charge >= 0.3 is 0 Å². The van der Waals surface area contributed by atoms with Gasteiger partial charge in [-0.2, -0.15) is 0 Å². The van der Waals surface area contributed by atoms with Crippen LogP contribution in [0.4, 0.5) is 0 Å². The Bertz CT molecular complexity index is 695. The number of thioether (sulfide) groups is 1. The number of H-pyrrole nitrogens is 1. The predicted molar refractivity (Wildman–Crippen MR) is 72.9 cm³/mol. The molecule has 20 heavy (non-hydrogen) atoms. The molecule has 7 nitrogen and oxygen atoms in total. The van der Waals surface area contributed by atoms with Gasteiger partial charge in [-0.1, -0.05) is 11.8 Å². The monoisotopic (exact) mass is 288 g/mol. The lowest BCUT2D eigenvalue weighted by Crippen LogP contribution is -1.89. The average molecular weight is 288 g/mol. The molecule has 0 saturated heterocycles. The van der Waals surface area contributed by atoms with Gasteiger partial charge in [0.15, 0.2) is 5.82 Å². The predicted octanol–water partition coefficient (Wildman–Crippen LogP) is 2.41. The first kappa shape index (κ1) is 12.8. The molecule has 3 aromatic heterocycles. The van der Waals surface area contributed by atoms with Crippen molar-refractivity contribution in [1.29, 1.82) is 0 Å². The zero-order valence-corrected chi connectivity index (χ0v) is 11.8. The molecule has 0 aliphatic rings. The van der Waals surface area contributed by atoms with E-state index in [9.17, 15) is 0 Å². The summed E-state index contributed by atoms with van der Waals surface area (Å²) >= 11 is 1.46. The largest absolute Gasteiger partial charge is 0.424 e. The smallest absolute Gasteiger partial charge is 0.229 e. The first-order valence-electron chi connectivity index (χ1n) is 6.02. The number of aromatic nitrogens is 6. The molecule has 0 radical (unpaired) electrons. The number of nitrogens with zero attached hydrogens (tertiary/aromatic N) is 5. The number of hydrogen-bond donors (Lipinski definition) is 1. The molecule has 0 aromatic carbocycles. The number of pyridine rings is 1. The molecule has 1 N–H and O–H groups in total. The van der Waals surface area contributed by atoms with Gasteiger partial charge in [0.1, 0.15) is 0 Å². The van der Waals surface area contributed by atoms with E-state index in [1.165, 1.54) is 11.8 Å². The van der Waals surface area contributed by atoms with Crippen LogP contribution >= 0.6 is 11.8 Å². The fourth-order valence-corrected chi connectivity index (χ4v) is 2.37. The van der Waals surface area contributed by atoms with Crippen molar-refractivity contribution < 1.29 is 4.42 Å². The highest BCUT2D eigenvalue weighted by molar-refractivity contribution is 7.99. The van der Waals surface area contributed by atoms with Crippen LogP contribution in [-0.4, -0.2) is 30.4 Å². The highest BCUT2D eigenvalue weighted by atomic mass is 32.2. The van der Waals surface area contributed by atoms with E-state index in [2.05, 4.69) is 30.4 Å². The third kappa shape index (κ3) is 2.69. The molecule has 0 unspecified atom stereocenters. The lowest BCUT2D eigenvalue weighted by Gasteiger charge is -2.01. The molecule has 0 fully saturated rings. The molecule has 0 bridgehead atoms. The van der Waals surface area contributed by atoms with E-state index in [4.69, 9.17) is 4.42 Å². The molecule has 3 heterocycles. The third-order valence-electron chi connectivity index (χ3n) is 2.57. The van der Waals surface area contributed by atoms with Crippen molar-refractivity contribution in [3.05, 3.63) is 36.3 Å². The maximum atomic E-state index is 5.39. The number of nitrogens with one attached hydrogen (secondary N) is 1. The third-order valence-corrected chi connectivity index (χ3v) is 3.52.